The molecule has 0 saturated heterocycles. The van der Waals surface area contributed by atoms with Gasteiger partial charge in [0.05, 0.1) is 15.9 Å². The SMILES string of the molecule is CC(=O)C(C(C)=O)c1c([N+](=O)[O-])cnc2c1c(=O)n(C)c(=O)n2C. The van der Waals surface area contributed by atoms with E-state index >= 15 is 0 Å². The first-order valence-electron chi connectivity index (χ1n) is 6.83. The number of Topliss-reactive ketones (excluding diaryl/α,β-unsaturated/α-hetero) is 2. The second kappa shape index (κ2) is 5.80. The number of hydrogen-bond acceptors (Lipinski definition) is 7. The third kappa shape index (κ3) is 2.41. The van der Waals surface area contributed by atoms with E-state index in [1.807, 2.05) is 0 Å². The topological polar surface area (TPSA) is 134 Å². The number of carbonyl (C=O) groups excluding carboxylic acids is 2. The molecular formula is C14H14N4O6. The van der Waals surface area contributed by atoms with Crippen LogP contribution in [0.15, 0.2) is 15.8 Å². The van der Waals surface area contributed by atoms with Crippen LogP contribution in [-0.2, 0) is 23.7 Å². The van der Waals surface area contributed by atoms with E-state index in [1.165, 1.54) is 14.1 Å². The van der Waals surface area contributed by atoms with E-state index in [0.717, 1.165) is 29.2 Å². The van der Waals surface area contributed by atoms with E-state index in [4.69, 9.17) is 0 Å². The lowest BCUT2D eigenvalue weighted by atomic mass is 9.89. The standard InChI is InChI=1S/C14H14N4O6/c1-6(19)9(7(2)20)10-8(18(23)24)5-15-12-11(10)13(21)17(4)14(22)16(12)3/h5,9H,1-4H3. The molecule has 2 rings (SSSR count). The highest BCUT2D eigenvalue weighted by Crippen LogP contribution is 2.32. The fourth-order valence-electron chi connectivity index (χ4n) is 2.67. The Balaban J connectivity index is 3.21. The van der Waals surface area contributed by atoms with Crippen LogP contribution in [0.4, 0.5) is 5.69 Å². The molecule has 10 heteroatoms. The molecule has 24 heavy (non-hydrogen) atoms. The van der Waals surface area contributed by atoms with Crippen LogP contribution < -0.4 is 11.2 Å². The molecule has 2 heterocycles. The summed E-state index contributed by atoms with van der Waals surface area (Å²) in [7, 11) is 2.53. The van der Waals surface area contributed by atoms with Crippen LogP contribution in [0.1, 0.15) is 25.3 Å². The Morgan fingerprint density at radius 2 is 1.71 bits per heavy atom. The van der Waals surface area contributed by atoms with E-state index in [1.54, 1.807) is 0 Å². The van der Waals surface area contributed by atoms with Crippen LogP contribution in [0.3, 0.4) is 0 Å². The van der Waals surface area contributed by atoms with E-state index in [-0.39, 0.29) is 16.6 Å². The van der Waals surface area contributed by atoms with Gasteiger partial charge in [-0.3, -0.25) is 33.6 Å². The number of hydrogen-bond donors (Lipinski definition) is 0. The zero-order chi connectivity index (χ0) is 18.3. The predicted molar refractivity (Wildman–Crippen MR) is 83.0 cm³/mol. The molecule has 0 radical (unpaired) electrons. The molecule has 2 aromatic heterocycles. The van der Waals surface area contributed by atoms with Gasteiger partial charge in [0.15, 0.2) is 0 Å². The third-order valence-electron chi connectivity index (χ3n) is 3.79. The van der Waals surface area contributed by atoms with Gasteiger partial charge in [-0.25, -0.2) is 9.78 Å². The van der Waals surface area contributed by atoms with Crippen molar-refractivity contribution in [2.75, 3.05) is 0 Å². The molecule has 0 amide bonds. The Morgan fingerprint density at radius 1 is 1.17 bits per heavy atom. The zero-order valence-corrected chi connectivity index (χ0v) is 13.4. The van der Waals surface area contributed by atoms with Crippen LogP contribution in [0, 0.1) is 10.1 Å². The highest BCUT2D eigenvalue weighted by molar-refractivity contribution is 6.09. The van der Waals surface area contributed by atoms with E-state index in [0.29, 0.717) is 0 Å². The molecule has 0 spiro atoms. The fraction of sp³-hybridized carbons (Fsp3) is 0.357. The molecule has 0 saturated carbocycles. The van der Waals surface area contributed by atoms with Crippen molar-refractivity contribution < 1.29 is 14.5 Å². The third-order valence-corrected chi connectivity index (χ3v) is 3.79. The number of ketones is 2. The summed E-state index contributed by atoms with van der Waals surface area (Å²) in [4.78, 5) is 62.6. The molecule has 0 aromatic carbocycles. The van der Waals surface area contributed by atoms with Gasteiger partial charge >= 0.3 is 5.69 Å². The molecule has 0 unspecified atom stereocenters. The molecule has 126 valence electrons. The maximum Gasteiger partial charge on any atom is 0.332 e. The van der Waals surface area contributed by atoms with Gasteiger partial charge in [-0.2, -0.15) is 0 Å². The number of nitrogens with zero attached hydrogens (tertiary/aromatic N) is 4. The maximum atomic E-state index is 12.5. The monoisotopic (exact) mass is 334 g/mol. The van der Waals surface area contributed by atoms with E-state index in [9.17, 15) is 29.3 Å². The molecule has 0 atom stereocenters. The molecular weight excluding hydrogens is 320 g/mol. The normalized spacial score (nSPS) is 11.0. The first kappa shape index (κ1) is 17.2. The van der Waals surface area contributed by atoms with Crippen molar-refractivity contribution in [2.45, 2.75) is 19.8 Å². The fourth-order valence-corrected chi connectivity index (χ4v) is 2.67. The number of aryl methyl sites for hydroxylation is 1. The van der Waals surface area contributed by atoms with Crippen molar-refractivity contribution in [1.29, 1.82) is 0 Å². The minimum absolute atomic E-state index is 0.129. The average molecular weight is 334 g/mol. The molecule has 0 N–H and O–H groups in total. The highest BCUT2D eigenvalue weighted by atomic mass is 16.6. The number of carbonyl (C=O) groups is 2. The molecule has 10 nitrogen and oxygen atoms in total. The number of pyridine rings is 1. The molecule has 0 aliphatic carbocycles. The summed E-state index contributed by atoms with van der Waals surface area (Å²) in [6.45, 7) is 2.21. The molecule has 0 aliphatic heterocycles. The summed E-state index contributed by atoms with van der Waals surface area (Å²) in [5.41, 5.74) is -2.61. The van der Waals surface area contributed by atoms with Crippen molar-refractivity contribution in [1.82, 2.24) is 14.1 Å². The quantitative estimate of drug-likeness (QED) is 0.429. The van der Waals surface area contributed by atoms with Gasteiger partial charge in [0.2, 0.25) is 0 Å². The van der Waals surface area contributed by atoms with Crippen molar-refractivity contribution in [3.8, 4) is 0 Å². The summed E-state index contributed by atoms with van der Waals surface area (Å²) in [5.74, 6) is -2.77. The zero-order valence-electron chi connectivity index (χ0n) is 13.4. The van der Waals surface area contributed by atoms with Crippen LogP contribution in [0.5, 0.6) is 0 Å². The molecule has 0 bridgehead atoms. The summed E-state index contributed by atoms with van der Waals surface area (Å²) in [6.07, 6.45) is 0.843. The van der Waals surface area contributed by atoms with Gasteiger partial charge in [0.25, 0.3) is 11.2 Å². The van der Waals surface area contributed by atoms with Crippen LogP contribution in [0.2, 0.25) is 0 Å². The number of rotatable bonds is 4. The average Bonchev–Trinajstić information content (AvgIpc) is 2.49. The number of aromatic nitrogens is 3. The van der Waals surface area contributed by atoms with Gasteiger partial charge in [0, 0.05) is 14.1 Å². The second-order valence-electron chi connectivity index (χ2n) is 5.37. The predicted octanol–water partition coefficient (Wildman–Crippen LogP) is -0.198. The summed E-state index contributed by atoms with van der Waals surface area (Å²) in [5, 5.41) is 11.0. The minimum Gasteiger partial charge on any atom is -0.299 e. The summed E-state index contributed by atoms with van der Waals surface area (Å²) < 4.78 is 1.77. The van der Waals surface area contributed by atoms with Crippen molar-refractivity contribution >= 4 is 28.3 Å². The van der Waals surface area contributed by atoms with Crippen LogP contribution >= 0.6 is 0 Å². The van der Waals surface area contributed by atoms with Crippen molar-refractivity contribution in [3.63, 3.8) is 0 Å². The lowest BCUT2D eigenvalue weighted by Crippen LogP contribution is -2.38. The lowest BCUT2D eigenvalue weighted by molar-refractivity contribution is -0.385. The summed E-state index contributed by atoms with van der Waals surface area (Å²) >= 11 is 0. The van der Waals surface area contributed by atoms with E-state index < -0.39 is 39.3 Å². The van der Waals surface area contributed by atoms with Gasteiger partial charge in [0.1, 0.15) is 29.3 Å². The Hall–Kier alpha value is -3.17. The largest absolute Gasteiger partial charge is 0.332 e. The van der Waals surface area contributed by atoms with Gasteiger partial charge in [-0.1, -0.05) is 0 Å². The number of nitro groups is 1. The molecule has 2 aromatic rings. The lowest BCUT2D eigenvalue weighted by Gasteiger charge is -2.15. The smallest absolute Gasteiger partial charge is 0.299 e. The molecule has 0 fully saturated rings. The Bertz CT molecular complexity index is 1000. The second-order valence-corrected chi connectivity index (χ2v) is 5.37. The van der Waals surface area contributed by atoms with Gasteiger partial charge < -0.3 is 0 Å². The Labute approximate surface area is 134 Å². The van der Waals surface area contributed by atoms with Crippen molar-refractivity contribution in [2.24, 2.45) is 14.1 Å². The number of fused-ring (bicyclic) bond motifs is 1. The summed E-state index contributed by atoms with van der Waals surface area (Å²) in [6, 6.07) is 0. The maximum absolute atomic E-state index is 12.5. The highest BCUT2D eigenvalue weighted by Gasteiger charge is 2.34. The van der Waals surface area contributed by atoms with E-state index in [2.05, 4.69) is 4.98 Å². The molecule has 0 aliphatic rings. The van der Waals surface area contributed by atoms with Gasteiger partial charge in [-0.15, -0.1) is 0 Å². The minimum atomic E-state index is -1.49. The first-order chi connectivity index (χ1) is 11.1. The van der Waals surface area contributed by atoms with Gasteiger partial charge in [-0.05, 0) is 13.8 Å². The van der Waals surface area contributed by atoms with Crippen molar-refractivity contribution in [3.05, 3.63) is 42.7 Å². The van der Waals surface area contributed by atoms with Crippen LogP contribution in [0.25, 0.3) is 11.0 Å². The first-order valence-corrected chi connectivity index (χ1v) is 6.83. The Kier molecular flexibility index (Phi) is 4.15. The van der Waals surface area contributed by atoms with Crippen LogP contribution in [-0.4, -0.2) is 30.6 Å². The Morgan fingerprint density at radius 3 is 2.17 bits per heavy atom.